The molecule has 4 nitrogen and oxygen atoms in total. The third kappa shape index (κ3) is 3.04. The normalized spacial score (nSPS) is 12.4. The summed E-state index contributed by atoms with van der Waals surface area (Å²) in [6.07, 6.45) is -0.144. The highest BCUT2D eigenvalue weighted by Crippen LogP contribution is 2.23. The summed E-state index contributed by atoms with van der Waals surface area (Å²) in [4.78, 5) is 0. The maximum Gasteiger partial charge on any atom is 0.195 e. The molecule has 1 aromatic carbocycles. The molecule has 5 heteroatoms. The quantitative estimate of drug-likeness (QED) is 0.866. The van der Waals surface area contributed by atoms with E-state index in [1.165, 1.54) is 11.1 Å². The zero-order chi connectivity index (χ0) is 14.0. The van der Waals surface area contributed by atoms with Crippen LogP contribution in [0.5, 0.6) is 5.75 Å². The molecule has 0 aliphatic carbocycles. The average Bonchev–Trinajstić information content (AvgIpc) is 2.68. The first-order chi connectivity index (χ1) is 9.01. The third-order valence-corrected chi connectivity index (χ3v) is 3.29. The number of H-pyrrole nitrogens is 1. The summed E-state index contributed by atoms with van der Waals surface area (Å²) in [5.74, 6) is 1.69. The van der Waals surface area contributed by atoms with Gasteiger partial charge < -0.3 is 9.30 Å². The van der Waals surface area contributed by atoms with Crippen molar-refractivity contribution in [3.05, 3.63) is 39.9 Å². The molecule has 1 unspecified atom stereocenters. The van der Waals surface area contributed by atoms with Gasteiger partial charge in [-0.1, -0.05) is 6.07 Å². The van der Waals surface area contributed by atoms with Crippen LogP contribution >= 0.6 is 12.2 Å². The largest absolute Gasteiger partial charge is 0.483 e. The van der Waals surface area contributed by atoms with Crippen LogP contribution in [-0.4, -0.2) is 14.8 Å². The van der Waals surface area contributed by atoms with Gasteiger partial charge in [0.15, 0.2) is 16.7 Å². The Bertz CT molecular complexity index is 610. The van der Waals surface area contributed by atoms with Gasteiger partial charge in [-0.05, 0) is 63.2 Å². The molecule has 0 radical (unpaired) electrons. The lowest BCUT2D eigenvalue weighted by Gasteiger charge is -2.15. The lowest BCUT2D eigenvalue weighted by molar-refractivity contribution is 0.210. The summed E-state index contributed by atoms with van der Waals surface area (Å²) in [6, 6.07) is 6.18. The van der Waals surface area contributed by atoms with Crippen molar-refractivity contribution in [3.63, 3.8) is 0 Å². The molecule has 0 saturated carbocycles. The minimum absolute atomic E-state index is 0.144. The minimum atomic E-state index is -0.144. The monoisotopic (exact) mass is 277 g/mol. The number of ether oxygens (including phenoxy) is 1. The van der Waals surface area contributed by atoms with Crippen LogP contribution in [0.1, 0.15) is 36.9 Å². The number of hydrogen-bond donors (Lipinski definition) is 1. The van der Waals surface area contributed by atoms with Crippen molar-refractivity contribution < 1.29 is 4.74 Å². The Morgan fingerprint density at radius 3 is 2.53 bits per heavy atom. The van der Waals surface area contributed by atoms with E-state index < -0.39 is 0 Å². The van der Waals surface area contributed by atoms with Crippen molar-refractivity contribution in [3.8, 4) is 5.75 Å². The number of benzene rings is 1. The minimum Gasteiger partial charge on any atom is -0.483 e. The van der Waals surface area contributed by atoms with Crippen LogP contribution in [0.3, 0.4) is 0 Å². The van der Waals surface area contributed by atoms with Crippen LogP contribution < -0.4 is 4.74 Å². The summed E-state index contributed by atoms with van der Waals surface area (Å²) < 4.78 is 8.55. The van der Waals surface area contributed by atoms with Gasteiger partial charge in [0.05, 0.1) is 0 Å². The SMILES string of the molecule is CCn1c(C(C)Oc2cc(C)cc(C)c2)n[nH]c1=S. The summed E-state index contributed by atoms with van der Waals surface area (Å²) in [7, 11) is 0. The van der Waals surface area contributed by atoms with Gasteiger partial charge in [-0.2, -0.15) is 5.10 Å². The molecule has 0 bridgehead atoms. The number of aromatic amines is 1. The van der Waals surface area contributed by atoms with Crippen molar-refractivity contribution in [1.29, 1.82) is 0 Å². The van der Waals surface area contributed by atoms with E-state index in [9.17, 15) is 0 Å². The van der Waals surface area contributed by atoms with Crippen LogP contribution in [0, 0.1) is 18.6 Å². The molecule has 1 heterocycles. The van der Waals surface area contributed by atoms with Crippen LogP contribution in [0.4, 0.5) is 0 Å². The molecule has 0 saturated heterocycles. The molecular weight excluding hydrogens is 258 g/mol. The molecular formula is C14H19N3OS. The smallest absolute Gasteiger partial charge is 0.195 e. The molecule has 0 aliphatic rings. The van der Waals surface area contributed by atoms with Crippen molar-refractivity contribution in [2.24, 2.45) is 0 Å². The Balaban J connectivity index is 2.25. The summed E-state index contributed by atoms with van der Waals surface area (Å²) >= 11 is 5.19. The molecule has 0 amide bonds. The molecule has 19 heavy (non-hydrogen) atoms. The predicted octanol–water partition coefficient (Wildman–Crippen LogP) is 3.72. The Morgan fingerprint density at radius 1 is 1.32 bits per heavy atom. The van der Waals surface area contributed by atoms with E-state index in [0.717, 1.165) is 18.1 Å². The van der Waals surface area contributed by atoms with Gasteiger partial charge in [0, 0.05) is 6.54 Å². The molecule has 2 rings (SSSR count). The number of nitrogens with one attached hydrogen (secondary N) is 1. The lowest BCUT2D eigenvalue weighted by atomic mass is 10.1. The first kappa shape index (κ1) is 13.8. The first-order valence-electron chi connectivity index (χ1n) is 6.41. The molecule has 1 aromatic heterocycles. The number of hydrogen-bond acceptors (Lipinski definition) is 3. The van der Waals surface area contributed by atoms with Gasteiger partial charge in [0.25, 0.3) is 0 Å². The lowest BCUT2D eigenvalue weighted by Crippen LogP contribution is -2.11. The zero-order valence-corrected chi connectivity index (χ0v) is 12.5. The molecule has 1 atom stereocenters. The highest BCUT2D eigenvalue weighted by Gasteiger charge is 2.15. The van der Waals surface area contributed by atoms with Crippen LogP contribution in [0.15, 0.2) is 18.2 Å². The highest BCUT2D eigenvalue weighted by molar-refractivity contribution is 7.71. The van der Waals surface area contributed by atoms with E-state index in [4.69, 9.17) is 17.0 Å². The van der Waals surface area contributed by atoms with Gasteiger partial charge in [-0.3, -0.25) is 5.10 Å². The maximum atomic E-state index is 5.97. The topological polar surface area (TPSA) is 42.8 Å². The van der Waals surface area contributed by atoms with E-state index in [-0.39, 0.29) is 6.10 Å². The second-order valence-electron chi connectivity index (χ2n) is 4.71. The number of aromatic nitrogens is 3. The van der Waals surface area contributed by atoms with Gasteiger partial charge >= 0.3 is 0 Å². The van der Waals surface area contributed by atoms with Crippen molar-refractivity contribution >= 4 is 12.2 Å². The maximum absolute atomic E-state index is 5.97. The molecule has 0 aliphatic heterocycles. The van der Waals surface area contributed by atoms with Gasteiger partial charge in [-0.15, -0.1) is 0 Å². The Morgan fingerprint density at radius 2 is 1.95 bits per heavy atom. The van der Waals surface area contributed by atoms with Crippen LogP contribution in [0.2, 0.25) is 0 Å². The van der Waals surface area contributed by atoms with Crippen molar-refractivity contribution in [1.82, 2.24) is 14.8 Å². The van der Waals surface area contributed by atoms with Gasteiger partial charge in [0.1, 0.15) is 5.75 Å². The first-order valence-corrected chi connectivity index (χ1v) is 6.82. The second-order valence-corrected chi connectivity index (χ2v) is 5.10. The van der Waals surface area contributed by atoms with Gasteiger partial charge in [0.2, 0.25) is 0 Å². The third-order valence-electron chi connectivity index (χ3n) is 2.98. The van der Waals surface area contributed by atoms with Crippen LogP contribution in [0.25, 0.3) is 0 Å². The molecule has 0 fully saturated rings. The molecule has 1 N–H and O–H groups in total. The molecule has 102 valence electrons. The van der Waals surface area contributed by atoms with Gasteiger partial charge in [-0.25, -0.2) is 0 Å². The Labute approximate surface area is 118 Å². The summed E-state index contributed by atoms with van der Waals surface area (Å²) in [5, 5.41) is 7.06. The van der Waals surface area contributed by atoms with Crippen molar-refractivity contribution in [2.75, 3.05) is 0 Å². The van der Waals surface area contributed by atoms with E-state index >= 15 is 0 Å². The molecule has 2 aromatic rings. The standard InChI is InChI=1S/C14H19N3OS/c1-5-17-13(15-16-14(17)19)11(4)18-12-7-9(2)6-10(3)8-12/h6-8,11H,5H2,1-4H3,(H,16,19). The predicted molar refractivity (Wildman–Crippen MR) is 78.0 cm³/mol. The summed E-state index contributed by atoms with van der Waals surface area (Å²) in [6.45, 7) is 8.93. The fourth-order valence-corrected chi connectivity index (χ4v) is 2.47. The van der Waals surface area contributed by atoms with E-state index in [0.29, 0.717) is 4.77 Å². The van der Waals surface area contributed by atoms with E-state index in [1.54, 1.807) is 0 Å². The number of nitrogens with zero attached hydrogens (tertiary/aromatic N) is 2. The van der Waals surface area contributed by atoms with Crippen LogP contribution in [-0.2, 0) is 6.54 Å². The summed E-state index contributed by atoms with van der Waals surface area (Å²) in [5.41, 5.74) is 2.38. The number of rotatable bonds is 4. The van der Waals surface area contributed by atoms with Crippen molar-refractivity contribution in [2.45, 2.75) is 40.3 Å². The average molecular weight is 277 g/mol. The number of aryl methyl sites for hydroxylation is 2. The van der Waals surface area contributed by atoms with E-state index in [1.807, 2.05) is 30.5 Å². The fourth-order valence-electron chi connectivity index (χ4n) is 2.20. The molecule has 0 spiro atoms. The Hall–Kier alpha value is -1.62. The zero-order valence-electron chi connectivity index (χ0n) is 11.7. The Kier molecular flexibility index (Phi) is 4.04. The fraction of sp³-hybridized carbons (Fsp3) is 0.429. The highest BCUT2D eigenvalue weighted by atomic mass is 32.1. The van der Waals surface area contributed by atoms with E-state index in [2.05, 4.69) is 30.1 Å². The second kappa shape index (κ2) is 5.57.